The smallest absolute Gasteiger partial charge is 0.335 e. The van der Waals surface area contributed by atoms with Crippen LogP contribution in [-0.4, -0.2) is 74.4 Å². The van der Waals surface area contributed by atoms with Crippen molar-refractivity contribution in [3.63, 3.8) is 0 Å². The minimum absolute atomic E-state index is 0.158. The van der Waals surface area contributed by atoms with Crippen LogP contribution in [0.2, 0.25) is 0 Å². The molecular formula is C25H32O10. The Balaban J connectivity index is 1.73. The third-order valence-corrected chi connectivity index (χ3v) is 6.41. The monoisotopic (exact) mass is 492 g/mol. The third-order valence-electron chi connectivity index (χ3n) is 6.41. The summed E-state index contributed by atoms with van der Waals surface area (Å²) in [4.78, 5) is 11.4. The van der Waals surface area contributed by atoms with Crippen molar-refractivity contribution in [2.45, 2.75) is 57.4 Å². The lowest BCUT2D eigenvalue weighted by molar-refractivity contribution is -0.271. The summed E-state index contributed by atoms with van der Waals surface area (Å²) in [6.45, 7) is 4.17. The van der Waals surface area contributed by atoms with Gasteiger partial charge in [-0.1, -0.05) is 26.0 Å². The van der Waals surface area contributed by atoms with E-state index >= 15 is 0 Å². The standard InChI is InChI=1S/C25H32O10/c1-12(8-14-4-6-16(26)17(27)10-14)13(2)9-15-5-7-18(33-3)19(11-15)34-25-22(30)20(28)21(29)23(35-25)24(31)32/h4-7,10-13,20-23,25-30H,8-9H2,1-3H3,(H,31,32). The molecule has 3 rings (SSSR count). The van der Waals surface area contributed by atoms with Crippen LogP contribution in [0.5, 0.6) is 23.0 Å². The van der Waals surface area contributed by atoms with Gasteiger partial charge in [-0.15, -0.1) is 0 Å². The normalized spacial score (nSPS) is 26.1. The maximum atomic E-state index is 11.4. The maximum Gasteiger partial charge on any atom is 0.335 e. The molecule has 1 fully saturated rings. The Labute approximate surface area is 202 Å². The van der Waals surface area contributed by atoms with Crippen LogP contribution in [-0.2, 0) is 22.4 Å². The van der Waals surface area contributed by atoms with Gasteiger partial charge in [-0.3, -0.25) is 0 Å². The second kappa shape index (κ2) is 11.1. The molecule has 0 bridgehead atoms. The fourth-order valence-electron chi connectivity index (χ4n) is 4.06. The molecule has 35 heavy (non-hydrogen) atoms. The van der Waals surface area contributed by atoms with E-state index in [-0.39, 0.29) is 29.1 Å². The molecule has 0 saturated carbocycles. The van der Waals surface area contributed by atoms with Gasteiger partial charge in [0.15, 0.2) is 29.1 Å². The molecule has 192 valence electrons. The summed E-state index contributed by atoms with van der Waals surface area (Å²) in [6.07, 6.45) is -7.25. The van der Waals surface area contributed by atoms with Gasteiger partial charge in [0.2, 0.25) is 6.29 Å². The highest BCUT2D eigenvalue weighted by Gasteiger charge is 2.48. The third kappa shape index (κ3) is 6.15. The number of aliphatic hydroxyl groups excluding tert-OH is 3. The molecular weight excluding hydrogens is 460 g/mol. The first-order valence-electron chi connectivity index (χ1n) is 11.3. The van der Waals surface area contributed by atoms with Gasteiger partial charge in [-0.25, -0.2) is 4.79 Å². The number of phenols is 2. The molecule has 10 heteroatoms. The van der Waals surface area contributed by atoms with Gasteiger partial charge in [0.05, 0.1) is 7.11 Å². The van der Waals surface area contributed by atoms with E-state index in [1.807, 2.05) is 6.07 Å². The summed E-state index contributed by atoms with van der Waals surface area (Å²) in [7, 11) is 1.43. The molecule has 1 aliphatic rings. The van der Waals surface area contributed by atoms with Crippen molar-refractivity contribution in [3.8, 4) is 23.0 Å². The molecule has 0 aliphatic carbocycles. The second-order valence-corrected chi connectivity index (χ2v) is 9.02. The van der Waals surface area contributed by atoms with E-state index in [1.54, 1.807) is 24.3 Å². The minimum atomic E-state index is -1.81. The Hall–Kier alpha value is -3.05. The van der Waals surface area contributed by atoms with Gasteiger partial charge in [-0.05, 0) is 60.1 Å². The van der Waals surface area contributed by atoms with Crippen molar-refractivity contribution >= 4 is 5.97 Å². The number of benzene rings is 2. The second-order valence-electron chi connectivity index (χ2n) is 9.02. The SMILES string of the molecule is COc1ccc(CC(C)C(C)Cc2ccc(O)c(O)c2)cc1OC1OC(C(=O)O)C(O)C(O)C1O. The van der Waals surface area contributed by atoms with Crippen molar-refractivity contribution in [2.24, 2.45) is 11.8 Å². The van der Waals surface area contributed by atoms with Gasteiger partial charge in [0.25, 0.3) is 0 Å². The van der Waals surface area contributed by atoms with Gasteiger partial charge >= 0.3 is 5.97 Å². The first-order chi connectivity index (χ1) is 16.5. The summed E-state index contributed by atoms with van der Waals surface area (Å²) in [5, 5.41) is 58.7. The number of hydrogen-bond donors (Lipinski definition) is 6. The molecule has 0 amide bonds. The zero-order valence-electron chi connectivity index (χ0n) is 19.7. The van der Waals surface area contributed by atoms with Crippen LogP contribution in [0.15, 0.2) is 36.4 Å². The Kier molecular flexibility index (Phi) is 8.44. The summed E-state index contributed by atoms with van der Waals surface area (Å²) in [5.41, 5.74) is 1.78. The zero-order chi connectivity index (χ0) is 25.9. The van der Waals surface area contributed by atoms with Crippen molar-refractivity contribution in [1.29, 1.82) is 0 Å². The number of rotatable bonds is 9. The van der Waals surface area contributed by atoms with Crippen LogP contribution in [0.4, 0.5) is 0 Å². The van der Waals surface area contributed by atoms with Crippen molar-refractivity contribution in [1.82, 2.24) is 0 Å². The van der Waals surface area contributed by atoms with Crippen molar-refractivity contribution < 1.29 is 49.6 Å². The number of carbonyl (C=O) groups is 1. The lowest BCUT2D eigenvalue weighted by atomic mass is 9.85. The molecule has 1 aliphatic heterocycles. The van der Waals surface area contributed by atoms with E-state index in [2.05, 4.69) is 13.8 Å². The Morgan fingerprint density at radius 1 is 0.886 bits per heavy atom. The largest absolute Gasteiger partial charge is 0.504 e. The van der Waals surface area contributed by atoms with Crippen LogP contribution in [0.25, 0.3) is 0 Å². The number of methoxy groups -OCH3 is 1. The lowest BCUT2D eigenvalue weighted by Crippen LogP contribution is -2.61. The van der Waals surface area contributed by atoms with Gasteiger partial charge in [-0.2, -0.15) is 0 Å². The van der Waals surface area contributed by atoms with Gasteiger partial charge in [0.1, 0.15) is 18.3 Å². The molecule has 10 nitrogen and oxygen atoms in total. The summed E-state index contributed by atoms with van der Waals surface area (Å²) in [6, 6.07) is 10.00. The molecule has 0 spiro atoms. The Morgan fingerprint density at radius 3 is 2.06 bits per heavy atom. The minimum Gasteiger partial charge on any atom is -0.504 e. The van der Waals surface area contributed by atoms with Crippen LogP contribution >= 0.6 is 0 Å². The molecule has 0 radical (unpaired) electrons. The first kappa shape index (κ1) is 26.6. The zero-order valence-corrected chi connectivity index (χ0v) is 19.7. The number of ether oxygens (including phenoxy) is 3. The van der Waals surface area contributed by atoms with E-state index in [0.29, 0.717) is 18.6 Å². The van der Waals surface area contributed by atoms with E-state index in [1.165, 1.54) is 13.2 Å². The lowest BCUT2D eigenvalue weighted by Gasteiger charge is -2.38. The quantitative estimate of drug-likeness (QED) is 0.282. The average molecular weight is 493 g/mol. The molecule has 6 N–H and O–H groups in total. The fourth-order valence-corrected chi connectivity index (χ4v) is 4.06. The number of hydrogen-bond acceptors (Lipinski definition) is 9. The molecule has 2 aromatic carbocycles. The number of carboxylic acid groups (broad SMARTS) is 1. The highest BCUT2D eigenvalue weighted by Crippen LogP contribution is 2.34. The Bertz CT molecular complexity index is 1030. The van der Waals surface area contributed by atoms with E-state index in [0.717, 1.165) is 11.1 Å². The Morgan fingerprint density at radius 2 is 1.49 bits per heavy atom. The number of aliphatic carboxylic acids is 1. The fraction of sp³-hybridized carbons (Fsp3) is 0.480. The summed E-state index contributed by atoms with van der Waals surface area (Å²) >= 11 is 0. The molecule has 1 saturated heterocycles. The molecule has 7 unspecified atom stereocenters. The topological polar surface area (TPSA) is 166 Å². The van der Waals surface area contributed by atoms with E-state index < -0.39 is 36.7 Å². The molecule has 1 heterocycles. The van der Waals surface area contributed by atoms with Gasteiger partial charge in [0, 0.05) is 0 Å². The van der Waals surface area contributed by atoms with Crippen LogP contribution in [0.1, 0.15) is 25.0 Å². The summed E-state index contributed by atoms with van der Waals surface area (Å²) in [5.74, 6) is -0.887. The van der Waals surface area contributed by atoms with Gasteiger partial charge < -0.3 is 44.8 Å². The van der Waals surface area contributed by atoms with Crippen molar-refractivity contribution in [2.75, 3.05) is 7.11 Å². The predicted octanol–water partition coefficient (Wildman–Crippen LogP) is 1.43. The predicted molar refractivity (Wildman–Crippen MR) is 123 cm³/mol. The van der Waals surface area contributed by atoms with Crippen LogP contribution < -0.4 is 9.47 Å². The van der Waals surface area contributed by atoms with E-state index in [9.17, 15) is 35.4 Å². The maximum absolute atomic E-state index is 11.4. The number of phenolic OH excluding ortho intramolecular Hbond substituents is 2. The molecule has 0 aromatic heterocycles. The van der Waals surface area contributed by atoms with Crippen LogP contribution in [0, 0.1) is 11.8 Å². The number of aliphatic hydroxyl groups is 3. The number of carboxylic acids is 1. The first-order valence-corrected chi connectivity index (χ1v) is 11.3. The van der Waals surface area contributed by atoms with E-state index in [4.69, 9.17) is 14.2 Å². The highest BCUT2D eigenvalue weighted by atomic mass is 16.7. The van der Waals surface area contributed by atoms with Crippen molar-refractivity contribution in [3.05, 3.63) is 47.5 Å². The molecule has 7 atom stereocenters. The average Bonchev–Trinajstić information content (AvgIpc) is 2.81. The summed E-state index contributed by atoms with van der Waals surface area (Å²) < 4.78 is 16.2. The van der Waals surface area contributed by atoms with Crippen LogP contribution in [0.3, 0.4) is 0 Å². The molecule has 2 aromatic rings. The highest BCUT2D eigenvalue weighted by molar-refractivity contribution is 5.73. The number of aromatic hydroxyl groups is 2.